The second kappa shape index (κ2) is 7.26. The lowest BCUT2D eigenvalue weighted by Crippen LogP contribution is -2.21. The maximum atomic E-state index is 12.4. The number of rotatable bonds is 5. The van der Waals surface area contributed by atoms with Crippen LogP contribution in [0.3, 0.4) is 0 Å². The van der Waals surface area contributed by atoms with Gasteiger partial charge in [0.2, 0.25) is 5.91 Å². The molecule has 0 spiro atoms. The number of hydrogen-bond donors (Lipinski definition) is 1. The van der Waals surface area contributed by atoms with Crippen LogP contribution in [0, 0.1) is 6.92 Å². The van der Waals surface area contributed by atoms with E-state index in [9.17, 15) is 9.59 Å². The first-order valence-electron chi connectivity index (χ1n) is 7.92. The van der Waals surface area contributed by atoms with Crippen LogP contribution in [0.25, 0.3) is 11.0 Å². The van der Waals surface area contributed by atoms with Crippen LogP contribution < -0.4 is 20.4 Å². The van der Waals surface area contributed by atoms with Gasteiger partial charge in [-0.1, -0.05) is 6.07 Å². The fourth-order valence-corrected chi connectivity index (χ4v) is 2.70. The molecular formula is C19H18N2O5. The summed E-state index contributed by atoms with van der Waals surface area (Å²) < 4.78 is 15.9. The number of aryl methyl sites for hydroxylation is 1. The number of methoxy groups -OCH3 is 2. The molecule has 134 valence electrons. The average Bonchev–Trinajstić information content (AvgIpc) is 2.65. The molecule has 0 aliphatic rings. The summed E-state index contributed by atoms with van der Waals surface area (Å²) in [5.41, 5.74) is 0.768. The third kappa shape index (κ3) is 3.37. The summed E-state index contributed by atoms with van der Waals surface area (Å²) in [6, 6.07) is 8.51. The molecular weight excluding hydrogens is 336 g/mol. The highest BCUT2D eigenvalue weighted by molar-refractivity contribution is 5.93. The molecule has 0 saturated carbocycles. The van der Waals surface area contributed by atoms with Crippen LogP contribution in [-0.4, -0.2) is 25.1 Å². The van der Waals surface area contributed by atoms with Gasteiger partial charge in [0.05, 0.1) is 26.2 Å². The first-order chi connectivity index (χ1) is 12.5. The van der Waals surface area contributed by atoms with E-state index in [1.165, 1.54) is 14.2 Å². The molecule has 3 rings (SSSR count). The first kappa shape index (κ1) is 17.5. The summed E-state index contributed by atoms with van der Waals surface area (Å²) >= 11 is 0. The Hall–Kier alpha value is -3.35. The average molecular weight is 354 g/mol. The lowest BCUT2D eigenvalue weighted by atomic mass is 10.0. The van der Waals surface area contributed by atoms with E-state index >= 15 is 0 Å². The van der Waals surface area contributed by atoms with E-state index in [4.69, 9.17) is 13.9 Å². The fourth-order valence-electron chi connectivity index (χ4n) is 2.70. The number of hydrogen-bond acceptors (Lipinski definition) is 6. The number of nitrogens with one attached hydrogen (secondary N) is 1. The number of carbonyl (C=O) groups is 1. The van der Waals surface area contributed by atoms with Crippen molar-refractivity contribution < 1.29 is 18.7 Å². The maximum absolute atomic E-state index is 12.4. The van der Waals surface area contributed by atoms with Gasteiger partial charge in [-0.3, -0.25) is 4.79 Å². The van der Waals surface area contributed by atoms with Gasteiger partial charge in [0.25, 0.3) is 0 Å². The Bertz CT molecular complexity index is 1010. The van der Waals surface area contributed by atoms with Crippen molar-refractivity contribution in [3.05, 3.63) is 58.1 Å². The van der Waals surface area contributed by atoms with E-state index in [-0.39, 0.29) is 17.9 Å². The van der Waals surface area contributed by atoms with E-state index in [0.717, 1.165) is 0 Å². The van der Waals surface area contributed by atoms with Crippen molar-refractivity contribution in [1.82, 2.24) is 4.98 Å². The SMILES string of the molecule is COc1cc2oc(=O)c(CC(=O)Nc3ccccn3)c(C)c2cc1OC. The summed E-state index contributed by atoms with van der Waals surface area (Å²) in [6.45, 7) is 1.77. The second-order valence-electron chi connectivity index (χ2n) is 5.64. The highest BCUT2D eigenvalue weighted by Gasteiger charge is 2.17. The molecule has 0 aliphatic heterocycles. The minimum Gasteiger partial charge on any atom is -0.493 e. The van der Waals surface area contributed by atoms with E-state index < -0.39 is 5.63 Å². The van der Waals surface area contributed by atoms with Crippen molar-refractivity contribution in [2.24, 2.45) is 0 Å². The summed E-state index contributed by atoms with van der Waals surface area (Å²) in [6.07, 6.45) is 1.46. The van der Waals surface area contributed by atoms with Gasteiger partial charge < -0.3 is 19.2 Å². The van der Waals surface area contributed by atoms with Crippen LogP contribution in [0.4, 0.5) is 5.82 Å². The van der Waals surface area contributed by atoms with Crippen molar-refractivity contribution in [3.8, 4) is 11.5 Å². The van der Waals surface area contributed by atoms with Crippen LogP contribution in [0.1, 0.15) is 11.1 Å². The fraction of sp³-hybridized carbons (Fsp3) is 0.211. The zero-order chi connectivity index (χ0) is 18.7. The van der Waals surface area contributed by atoms with E-state index in [0.29, 0.717) is 33.8 Å². The summed E-state index contributed by atoms with van der Waals surface area (Å²) in [5, 5.41) is 3.34. The lowest BCUT2D eigenvalue weighted by Gasteiger charge is -2.12. The number of nitrogens with zero attached hydrogens (tertiary/aromatic N) is 1. The predicted octanol–water partition coefficient (Wildman–Crippen LogP) is 2.69. The molecule has 2 aromatic heterocycles. The van der Waals surface area contributed by atoms with E-state index in [2.05, 4.69) is 10.3 Å². The van der Waals surface area contributed by atoms with Crippen LogP contribution in [0.2, 0.25) is 0 Å². The summed E-state index contributed by atoms with van der Waals surface area (Å²) in [5.74, 6) is 1.05. The molecule has 1 aromatic carbocycles. The standard InChI is InChI=1S/C19H18N2O5/c1-11-12-8-15(24-2)16(25-3)10-14(12)26-19(23)13(11)9-18(22)21-17-6-4-5-7-20-17/h4-8,10H,9H2,1-3H3,(H,20,21,22). The van der Waals surface area contributed by atoms with Gasteiger partial charge in [-0.25, -0.2) is 9.78 Å². The van der Waals surface area contributed by atoms with E-state index in [1.54, 1.807) is 43.5 Å². The van der Waals surface area contributed by atoms with E-state index in [1.807, 2.05) is 0 Å². The number of benzene rings is 1. The number of amides is 1. The topological polar surface area (TPSA) is 90.7 Å². The Kier molecular flexibility index (Phi) is 4.88. The molecule has 0 radical (unpaired) electrons. The molecule has 0 bridgehead atoms. The molecule has 1 N–H and O–H groups in total. The molecule has 0 saturated heterocycles. The largest absolute Gasteiger partial charge is 0.493 e. The van der Waals surface area contributed by atoms with Gasteiger partial charge >= 0.3 is 5.63 Å². The number of fused-ring (bicyclic) bond motifs is 1. The van der Waals surface area contributed by atoms with Gasteiger partial charge in [0.1, 0.15) is 11.4 Å². The van der Waals surface area contributed by atoms with Crippen molar-refractivity contribution >= 4 is 22.7 Å². The van der Waals surface area contributed by atoms with Crippen molar-refractivity contribution in [1.29, 1.82) is 0 Å². The maximum Gasteiger partial charge on any atom is 0.340 e. The Labute approximate surface area is 149 Å². The normalized spacial score (nSPS) is 10.6. The third-order valence-corrected chi connectivity index (χ3v) is 4.06. The summed E-state index contributed by atoms with van der Waals surface area (Å²) in [4.78, 5) is 28.7. The quantitative estimate of drug-likeness (QED) is 0.709. The molecule has 2 heterocycles. The molecule has 0 aliphatic carbocycles. The molecule has 3 aromatic rings. The highest BCUT2D eigenvalue weighted by Crippen LogP contribution is 2.33. The summed E-state index contributed by atoms with van der Waals surface area (Å²) in [7, 11) is 3.03. The van der Waals surface area contributed by atoms with Crippen LogP contribution in [0.5, 0.6) is 11.5 Å². The smallest absolute Gasteiger partial charge is 0.340 e. The zero-order valence-corrected chi connectivity index (χ0v) is 14.7. The number of aromatic nitrogens is 1. The van der Waals surface area contributed by atoms with Gasteiger partial charge in [0, 0.05) is 17.6 Å². The molecule has 0 atom stereocenters. The number of anilines is 1. The monoisotopic (exact) mass is 354 g/mol. The van der Waals surface area contributed by atoms with Crippen LogP contribution in [0.15, 0.2) is 45.7 Å². The number of pyridine rings is 1. The molecule has 0 unspecified atom stereocenters. The van der Waals surface area contributed by atoms with Crippen LogP contribution in [-0.2, 0) is 11.2 Å². The second-order valence-corrected chi connectivity index (χ2v) is 5.64. The van der Waals surface area contributed by atoms with Gasteiger partial charge in [0.15, 0.2) is 11.5 Å². The van der Waals surface area contributed by atoms with Gasteiger partial charge in [-0.05, 0) is 30.7 Å². The third-order valence-electron chi connectivity index (χ3n) is 4.06. The highest BCUT2D eigenvalue weighted by atomic mass is 16.5. The molecule has 0 fully saturated rings. The first-order valence-corrected chi connectivity index (χ1v) is 7.92. The van der Waals surface area contributed by atoms with Crippen LogP contribution >= 0.6 is 0 Å². The molecule has 1 amide bonds. The molecule has 26 heavy (non-hydrogen) atoms. The Morgan fingerprint density at radius 3 is 2.58 bits per heavy atom. The number of ether oxygens (including phenoxy) is 2. The lowest BCUT2D eigenvalue weighted by molar-refractivity contribution is -0.115. The van der Waals surface area contributed by atoms with Gasteiger partial charge in [-0.2, -0.15) is 0 Å². The zero-order valence-electron chi connectivity index (χ0n) is 14.7. The minimum atomic E-state index is -0.557. The Morgan fingerprint density at radius 2 is 1.92 bits per heavy atom. The van der Waals surface area contributed by atoms with Gasteiger partial charge in [-0.15, -0.1) is 0 Å². The Morgan fingerprint density at radius 1 is 1.19 bits per heavy atom. The van der Waals surface area contributed by atoms with Crippen molar-refractivity contribution in [3.63, 3.8) is 0 Å². The molecule has 7 nitrogen and oxygen atoms in total. The molecule has 7 heteroatoms. The van der Waals surface area contributed by atoms with Crippen molar-refractivity contribution in [2.45, 2.75) is 13.3 Å². The predicted molar refractivity (Wildman–Crippen MR) is 96.9 cm³/mol. The van der Waals surface area contributed by atoms with Crippen molar-refractivity contribution in [2.75, 3.05) is 19.5 Å². The number of carbonyl (C=O) groups excluding carboxylic acids is 1. The minimum absolute atomic E-state index is 0.116. The Balaban J connectivity index is 1.98.